The molecule has 0 spiro atoms. The molecule has 5 nitrogen and oxygen atoms in total. The number of hydrogen-bond donors (Lipinski definition) is 1. The third-order valence-electron chi connectivity index (χ3n) is 5.13. The van der Waals surface area contributed by atoms with Crippen molar-refractivity contribution in [3.63, 3.8) is 0 Å². The van der Waals surface area contributed by atoms with Crippen molar-refractivity contribution in [1.29, 1.82) is 0 Å². The normalized spacial score (nSPS) is 27.0. The standard InChI is InChI=1S/C18H25NO4S/c20-17-13-24(22,23)12-16(17)19(11-14-7-3-1-4-8-14)18(21)15-9-5-2-6-10-15/h1,3-4,7-8,15-17,20H,2,5-6,9-13H2/t16-,17+/m0/s1. The number of nitrogens with zero attached hydrogens (tertiary/aromatic N) is 1. The predicted molar refractivity (Wildman–Crippen MR) is 92.0 cm³/mol. The number of aliphatic hydroxyl groups excluding tert-OH is 1. The van der Waals surface area contributed by atoms with Gasteiger partial charge >= 0.3 is 0 Å². The fraction of sp³-hybridized carbons (Fsp3) is 0.611. The summed E-state index contributed by atoms with van der Waals surface area (Å²) in [6.07, 6.45) is 3.97. The van der Waals surface area contributed by atoms with E-state index < -0.39 is 22.0 Å². The van der Waals surface area contributed by atoms with Gasteiger partial charge in [-0.3, -0.25) is 4.79 Å². The molecule has 0 radical (unpaired) electrons. The second kappa shape index (κ2) is 7.23. The Bertz CT molecular complexity index is 668. The molecule has 1 aliphatic carbocycles. The smallest absolute Gasteiger partial charge is 0.226 e. The largest absolute Gasteiger partial charge is 0.390 e. The van der Waals surface area contributed by atoms with E-state index in [0.717, 1.165) is 37.7 Å². The van der Waals surface area contributed by atoms with Gasteiger partial charge in [-0.15, -0.1) is 0 Å². The lowest BCUT2D eigenvalue weighted by Crippen LogP contribution is -2.48. The summed E-state index contributed by atoms with van der Waals surface area (Å²) in [5.41, 5.74) is 0.957. The molecule has 3 rings (SSSR count). The lowest BCUT2D eigenvalue weighted by Gasteiger charge is -2.34. The van der Waals surface area contributed by atoms with Crippen LogP contribution in [0.5, 0.6) is 0 Å². The highest BCUT2D eigenvalue weighted by atomic mass is 32.2. The zero-order valence-electron chi connectivity index (χ0n) is 13.8. The number of hydrogen-bond acceptors (Lipinski definition) is 4. The fourth-order valence-electron chi connectivity index (χ4n) is 3.83. The number of rotatable bonds is 4. The Labute approximate surface area is 143 Å². The van der Waals surface area contributed by atoms with Crippen LogP contribution in [0.1, 0.15) is 37.7 Å². The van der Waals surface area contributed by atoms with Gasteiger partial charge in [-0.05, 0) is 18.4 Å². The first-order valence-electron chi connectivity index (χ1n) is 8.69. The van der Waals surface area contributed by atoms with Crippen molar-refractivity contribution in [3.8, 4) is 0 Å². The van der Waals surface area contributed by atoms with E-state index in [1.54, 1.807) is 4.90 Å². The molecule has 1 aromatic carbocycles. The Balaban J connectivity index is 1.84. The molecule has 1 N–H and O–H groups in total. The van der Waals surface area contributed by atoms with Crippen molar-refractivity contribution in [2.45, 2.75) is 50.8 Å². The molecular weight excluding hydrogens is 326 g/mol. The van der Waals surface area contributed by atoms with Crippen LogP contribution in [0.2, 0.25) is 0 Å². The van der Waals surface area contributed by atoms with E-state index in [4.69, 9.17) is 0 Å². The summed E-state index contributed by atoms with van der Waals surface area (Å²) in [6.45, 7) is 0.355. The maximum Gasteiger partial charge on any atom is 0.226 e. The van der Waals surface area contributed by atoms with Crippen LogP contribution in [0.4, 0.5) is 0 Å². The molecule has 24 heavy (non-hydrogen) atoms. The second-order valence-electron chi connectivity index (χ2n) is 7.00. The Kier molecular flexibility index (Phi) is 5.25. The average molecular weight is 351 g/mol. The maximum atomic E-state index is 13.1. The van der Waals surface area contributed by atoms with Gasteiger partial charge in [-0.2, -0.15) is 0 Å². The van der Waals surface area contributed by atoms with Crippen molar-refractivity contribution in [2.24, 2.45) is 5.92 Å². The first kappa shape index (κ1) is 17.4. The van der Waals surface area contributed by atoms with Crippen LogP contribution >= 0.6 is 0 Å². The summed E-state index contributed by atoms with van der Waals surface area (Å²) < 4.78 is 23.8. The molecule has 132 valence electrons. The summed E-state index contributed by atoms with van der Waals surface area (Å²) in [7, 11) is -3.29. The van der Waals surface area contributed by atoms with E-state index in [1.807, 2.05) is 30.3 Å². The van der Waals surface area contributed by atoms with Crippen molar-refractivity contribution in [3.05, 3.63) is 35.9 Å². The van der Waals surface area contributed by atoms with Gasteiger partial charge in [-0.25, -0.2) is 8.42 Å². The van der Waals surface area contributed by atoms with Crippen LogP contribution in [0.25, 0.3) is 0 Å². The van der Waals surface area contributed by atoms with Crippen molar-refractivity contribution in [2.75, 3.05) is 11.5 Å². The summed E-state index contributed by atoms with van der Waals surface area (Å²) in [4.78, 5) is 14.7. The van der Waals surface area contributed by atoms with Crippen molar-refractivity contribution < 1.29 is 18.3 Å². The van der Waals surface area contributed by atoms with E-state index in [1.165, 1.54) is 0 Å². The minimum absolute atomic E-state index is 0.000275. The lowest BCUT2D eigenvalue weighted by atomic mass is 9.87. The SMILES string of the molecule is O=C(C1CCCCC1)N(Cc1ccccc1)[C@H]1CS(=O)(=O)C[C@H]1O. The fourth-order valence-corrected chi connectivity index (χ4v) is 5.63. The lowest BCUT2D eigenvalue weighted by molar-refractivity contribution is -0.141. The number of amides is 1. The van der Waals surface area contributed by atoms with Gasteiger partial charge in [0.25, 0.3) is 0 Å². The number of carbonyl (C=O) groups excluding carboxylic acids is 1. The molecule has 1 heterocycles. The van der Waals surface area contributed by atoms with Gasteiger partial charge in [0, 0.05) is 12.5 Å². The third kappa shape index (κ3) is 3.98. The van der Waals surface area contributed by atoms with E-state index >= 15 is 0 Å². The Hall–Kier alpha value is -1.40. The van der Waals surface area contributed by atoms with Crippen molar-refractivity contribution >= 4 is 15.7 Å². The monoisotopic (exact) mass is 351 g/mol. The Morgan fingerprint density at radius 2 is 1.75 bits per heavy atom. The number of aliphatic hydroxyl groups is 1. The minimum Gasteiger partial charge on any atom is -0.390 e. The second-order valence-corrected chi connectivity index (χ2v) is 9.15. The third-order valence-corrected chi connectivity index (χ3v) is 6.83. The highest BCUT2D eigenvalue weighted by Gasteiger charge is 2.43. The van der Waals surface area contributed by atoms with Gasteiger partial charge in [0.2, 0.25) is 5.91 Å². The van der Waals surface area contributed by atoms with Crippen LogP contribution in [0.15, 0.2) is 30.3 Å². The summed E-state index contributed by atoms with van der Waals surface area (Å²) >= 11 is 0. The van der Waals surface area contributed by atoms with Crippen LogP contribution in [-0.4, -0.2) is 48.0 Å². The number of benzene rings is 1. The van der Waals surface area contributed by atoms with E-state index in [-0.39, 0.29) is 23.3 Å². The number of sulfone groups is 1. The van der Waals surface area contributed by atoms with Gasteiger partial charge < -0.3 is 10.0 Å². The Morgan fingerprint density at radius 1 is 1.08 bits per heavy atom. The first-order chi connectivity index (χ1) is 11.5. The van der Waals surface area contributed by atoms with Crippen molar-refractivity contribution in [1.82, 2.24) is 4.90 Å². The predicted octanol–water partition coefficient (Wildman–Crippen LogP) is 1.75. The van der Waals surface area contributed by atoms with Crippen LogP contribution in [0.3, 0.4) is 0 Å². The Morgan fingerprint density at radius 3 is 2.33 bits per heavy atom. The molecular formula is C18H25NO4S. The molecule has 2 atom stereocenters. The molecule has 0 aromatic heterocycles. The van der Waals surface area contributed by atoms with Crippen LogP contribution < -0.4 is 0 Å². The zero-order valence-corrected chi connectivity index (χ0v) is 14.6. The summed E-state index contributed by atoms with van der Waals surface area (Å²) in [5.74, 6) is -0.432. The average Bonchev–Trinajstić information content (AvgIpc) is 2.86. The molecule has 1 saturated heterocycles. The topological polar surface area (TPSA) is 74.7 Å². The molecule has 2 fully saturated rings. The van der Waals surface area contributed by atoms with E-state index in [2.05, 4.69) is 0 Å². The highest BCUT2D eigenvalue weighted by Crippen LogP contribution is 2.29. The highest BCUT2D eigenvalue weighted by molar-refractivity contribution is 7.91. The maximum absolute atomic E-state index is 13.1. The molecule has 6 heteroatoms. The number of carbonyl (C=O) groups is 1. The van der Waals surface area contributed by atoms with Gasteiger partial charge in [0.1, 0.15) is 0 Å². The molecule has 2 aliphatic rings. The zero-order chi connectivity index (χ0) is 17.2. The molecule has 1 aromatic rings. The van der Waals surface area contributed by atoms with Crippen LogP contribution in [-0.2, 0) is 21.2 Å². The molecule has 0 unspecified atom stereocenters. The molecule has 0 bridgehead atoms. The molecule has 1 amide bonds. The van der Waals surface area contributed by atoms with E-state index in [0.29, 0.717) is 6.54 Å². The quantitative estimate of drug-likeness (QED) is 0.897. The summed E-state index contributed by atoms with van der Waals surface area (Å²) in [5, 5.41) is 10.2. The first-order valence-corrected chi connectivity index (χ1v) is 10.5. The van der Waals surface area contributed by atoms with Crippen LogP contribution in [0, 0.1) is 5.92 Å². The van der Waals surface area contributed by atoms with E-state index in [9.17, 15) is 18.3 Å². The minimum atomic E-state index is -3.29. The van der Waals surface area contributed by atoms with Gasteiger partial charge in [-0.1, -0.05) is 49.6 Å². The van der Waals surface area contributed by atoms with Gasteiger partial charge in [0.05, 0.1) is 23.7 Å². The summed E-state index contributed by atoms with van der Waals surface area (Å²) in [6, 6.07) is 8.94. The van der Waals surface area contributed by atoms with Gasteiger partial charge in [0.15, 0.2) is 9.84 Å². The molecule has 1 aliphatic heterocycles. The molecule has 1 saturated carbocycles.